The Bertz CT molecular complexity index is 824. The van der Waals surface area contributed by atoms with Crippen molar-refractivity contribution in [2.75, 3.05) is 13.1 Å². The zero-order valence-corrected chi connectivity index (χ0v) is 16.5. The lowest BCUT2D eigenvalue weighted by molar-refractivity contribution is -0.149. The average molecular weight is 399 g/mol. The van der Waals surface area contributed by atoms with Crippen molar-refractivity contribution >= 4 is 17.8 Å². The highest BCUT2D eigenvalue weighted by Gasteiger charge is 2.25. The molecule has 2 aromatic rings. The van der Waals surface area contributed by atoms with E-state index in [-0.39, 0.29) is 31.3 Å². The molecule has 2 N–H and O–H groups in total. The number of ether oxygens (including phenoxy) is 1. The SMILES string of the molecule is CC(=O)NCCN(C(=O)Cc1ccc(OCc2ccccn2)cc1)C(C)C(=O)O. The maximum Gasteiger partial charge on any atom is 0.326 e. The van der Waals surface area contributed by atoms with Crippen LogP contribution in [0, 0.1) is 0 Å². The van der Waals surface area contributed by atoms with Crippen LogP contribution in [0.4, 0.5) is 0 Å². The molecule has 8 nitrogen and oxygen atoms in total. The standard InChI is InChI=1S/C21H25N3O5/c1-15(21(27)28)24(12-11-22-16(2)25)20(26)13-17-6-8-19(9-7-17)29-14-18-5-3-4-10-23-18/h3-10,15H,11-14H2,1-2H3,(H,22,25)(H,27,28). The molecule has 2 rings (SSSR count). The van der Waals surface area contributed by atoms with Crippen molar-refractivity contribution in [1.29, 1.82) is 0 Å². The van der Waals surface area contributed by atoms with Crippen molar-refractivity contribution in [2.45, 2.75) is 32.9 Å². The zero-order valence-electron chi connectivity index (χ0n) is 16.5. The lowest BCUT2D eigenvalue weighted by atomic mass is 10.1. The Labute approximate surface area is 169 Å². The lowest BCUT2D eigenvalue weighted by Gasteiger charge is -2.26. The summed E-state index contributed by atoms with van der Waals surface area (Å²) >= 11 is 0. The van der Waals surface area contributed by atoms with Crippen LogP contribution in [0.2, 0.25) is 0 Å². The quantitative estimate of drug-likeness (QED) is 0.629. The molecule has 29 heavy (non-hydrogen) atoms. The highest BCUT2D eigenvalue weighted by Crippen LogP contribution is 2.15. The van der Waals surface area contributed by atoms with Gasteiger partial charge in [0.15, 0.2) is 0 Å². The molecule has 1 heterocycles. The van der Waals surface area contributed by atoms with E-state index in [2.05, 4.69) is 10.3 Å². The maximum absolute atomic E-state index is 12.6. The van der Waals surface area contributed by atoms with E-state index in [1.165, 1.54) is 18.7 Å². The summed E-state index contributed by atoms with van der Waals surface area (Å²) in [4.78, 5) is 40.4. The summed E-state index contributed by atoms with van der Waals surface area (Å²) in [5.74, 6) is -1.01. The van der Waals surface area contributed by atoms with Crippen LogP contribution in [0.25, 0.3) is 0 Å². The van der Waals surface area contributed by atoms with Gasteiger partial charge in [-0.1, -0.05) is 18.2 Å². The first-order valence-corrected chi connectivity index (χ1v) is 9.25. The minimum atomic E-state index is -1.10. The largest absolute Gasteiger partial charge is 0.487 e. The average Bonchev–Trinajstić information content (AvgIpc) is 2.70. The van der Waals surface area contributed by atoms with Crippen molar-refractivity contribution in [3.05, 3.63) is 59.9 Å². The number of rotatable bonds is 10. The first-order valence-electron chi connectivity index (χ1n) is 9.25. The van der Waals surface area contributed by atoms with Crippen molar-refractivity contribution in [3.63, 3.8) is 0 Å². The first-order chi connectivity index (χ1) is 13.9. The number of hydrogen-bond acceptors (Lipinski definition) is 5. The van der Waals surface area contributed by atoms with Gasteiger partial charge in [-0.3, -0.25) is 14.6 Å². The molecule has 0 saturated carbocycles. The van der Waals surface area contributed by atoms with Crippen LogP contribution in [0.15, 0.2) is 48.7 Å². The molecule has 0 saturated heterocycles. The number of nitrogens with zero attached hydrogens (tertiary/aromatic N) is 2. The molecule has 8 heteroatoms. The van der Waals surface area contributed by atoms with E-state index >= 15 is 0 Å². The number of hydrogen-bond donors (Lipinski definition) is 2. The number of amides is 2. The Hall–Kier alpha value is -3.42. The number of carbonyl (C=O) groups is 3. The minimum Gasteiger partial charge on any atom is -0.487 e. The van der Waals surface area contributed by atoms with E-state index in [9.17, 15) is 19.5 Å². The topological polar surface area (TPSA) is 109 Å². The second-order valence-electron chi connectivity index (χ2n) is 6.51. The molecular formula is C21H25N3O5. The van der Waals surface area contributed by atoms with Gasteiger partial charge in [0.1, 0.15) is 18.4 Å². The molecule has 2 amide bonds. The number of aliphatic carboxylic acids is 1. The second-order valence-corrected chi connectivity index (χ2v) is 6.51. The summed E-state index contributed by atoms with van der Waals surface area (Å²) in [6.07, 6.45) is 1.75. The van der Waals surface area contributed by atoms with Crippen molar-refractivity contribution in [3.8, 4) is 5.75 Å². The number of pyridine rings is 1. The third-order valence-corrected chi connectivity index (χ3v) is 4.26. The summed E-state index contributed by atoms with van der Waals surface area (Å²) in [6.45, 7) is 3.47. The molecule has 0 radical (unpaired) electrons. The van der Waals surface area contributed by atoms with Gasteiger partial charge in [-0.05, 0) is 36.8 Å². The number of nitrogens with one attached hydrogen (secondary N) is 1. The summed E-state index contributed by atoms with van der Waals surface area (Å²) in [5.41, 5.74) is 1.55. The molecule has 0 fully saturated rings. The smallest absolute Gasteiger partial charge is 0.326 e. The Morgan fingerprint density at radius 1 is 1.17 bits per heavy atom. The normalized spacial score (nSPS) is 11.4. The predicted molar refractivity (Wildman–Crippen MR) is 106 cm³/mol. The lowest BCUT2D eigenvalue weighted by Crippen LogP contribution is -2.47. The van der Waals surface area contributed by atoms with Crippen molar-refractivity contribution in [2.24, 2.45) is 0 Å². The molecule has 1 aromatic heterocycles. The van der Waals surface area contributed by atoms with Gasteiger partial charge in [-0.25, -0.2) is 4.79 Å². The van der Waals surface area contributed by atoms with E-state index in [1.807, 2.05) is 18.2 Å². The van der Waals surface area contributed by atoms with Crippen LogP contribution in [0.5, 0.6) is 5.75 Å². The molecule has 1 unspecified atom stereocenters. The van der Waals surface area contributed by atoms with Gasteiger partial charge in [-0.2, -0.15) is 0 Å². The highest BCUT2D eigenvalue weighted by atomic mass is 16.5. The summed E-state index contributed by atoms with van der Waals surface area (Å²) in [7, 11) is 0. The van der Waals surface area contributed by atoms with Gasteiger partial charge in [0.25, 0.3) is 0 Å². The molecule has 0 aliphatic rings. The van der Waals surface area contributed by atoms with Crippen LogP contribution in [-0.2, 0) is 27.4 Å². The Balaban J connectivity index is 1.95. The molecule has 0 aliphatic heterocycles. The fourth-order valence-corrected chi connectivity index (χ4v) is 2.64. The minimum absolute atomic E-state index is 0.0538. The van der Waals surface area contributed by atoms with Gasteiger partial charge in [0.2, 0.25) is 11.8 Å². The zero-order chi connectivity index (χ0) is 21.2. The van der Waals surface area contributed by atoms with Crippen LogP contribution >= 0.6 is 0 Å². The van der Waals surface area contributed by atoms with Gasteiger partial charge < -0.3 is 20.1 Å². The van der Waals surface area contributed by atoms with Crippen molar-refractivity contribution in [1.82, 2.24) is 15.2 Å². The molecule has 0 bridgehead atoms. The van der Waals surface area contributed by atoms with Gasteiger partial charge in [0, 0.05) is 26.2 Å². The molecule has 1 atom stereocenters. The molecule has 1 aromatic carbocycles. The number of carboxylic acids is 1. The Kier molecular flexibility index (Phi) is 8.14. The van der Waals surface area contributed by atoms with Gasteiger partial charge in [-0.15, -0.1) is 0 Å². The Morgan fingerprint density at radius 3 is 2.48 bits per heavy atom. The van der Waals surface area contributed by atoms with E-state index in [0.717, 1.165) is 11.3 Å². The third kappa shape index (κ3) is 7.25. The van der Waals surface area contributed by atoms with E-state index in [1.54, 1.807) is 30.5 Å². The summed E-state index contributed by atoms with van der Waals surface area (Å²) in [5, 5.41) is 11.8. The fraction of sp³-hybridized carbons (Fsp3) is 0.333. The van der Waals surface area contributed by atoms with Crippen LogP contribution < -0.4 is 10.1 Å². The van der Waals surface area contributed by atoms with Crippen molar-refractivity contribution < 1.29 is 24.2 Å². The number of aromatic nitrogens is 1. The van der Waals surface area contributed by atoms with Crippen LogP contribution in [0.1, 0.15) is 25.1 Å². The number of carboxylic acid groups (broad SMARTS) is 1. The van der Waals surface area contributed by atoms with Gasteiger partial charge >= 0.3 is 5.97 Å². The predicted octanol–water partition coefficient (Wildman–Crippen LogP) is 1.64. The molecule has 0 aliphatic carbocycles. The Morgan fingerprint density at radius 2 is 1.90 bits per heavy atom. The second kappa shape index (κ2) is 10.8. The summed E-state index contributed by atoms with van der Waals surface area (Å²) < 4.78 is 5.67. The highest BCUT2D eigenvalue weighted by molar-refractivity contribution is 5.84. The van der Waals surface area contributed by atoms with E-state index in [0.29, 0.717) is 12.4 Å². The van der Waals surface area contributed by atoms with E-state index < -0.39 is 12.0 Å². The monoisotopic (exact) mass is 399 g/mol. The maximum atomic E-state index is 12.6. The number of carbonyl (C=O) groups excluding carboxylic acids is 2. The summed E-state index contributed by atoms with van der Waals surface area (Å²) in [6, 6.07) is 11.6. The van der Waals surface area contributed by atoms with Gasteiger partial charge in [0.05, 0.1) is 12.1 Å². The number of benzene rings is 1. The molecule has 0 spiro atoms. The molecular weight excluding hydrogens is 374 g/mol. The van der Waals surface area contributed by atoms with Crippen LogP contribution in [0.3, 0.4) is 0 Å². The first kappa shape index (κ1) is 21.9. The fourth-order valence-electron chi connectivity index (χ4n) is 2.64. The third-order valence-electron chi connectivity index (χ3n) is 4.26. The molecule has 154 valence electrons. The van der Waals surface area contributed by atoms with Crippen LogP contribution in [-0.4, -0.2) is 51.9 Å². The van der Waals surface area contributed by atoms with E-state index in [4.69, 9.17) is 4.74 Å².